The van der Waals surface area contributed by atoms with Gasteiger partial charge in [-0.2, -0.15) is 0 Å². The van der Waals surface area contributed by atoms with Crippen molar-refractivity contribution in [3.63, 3.8) is 0 Å². The first-order chi connectivity index (χ1) is 12.2. The van der Waals surface area contributed by atoms with E-state index < -0.39 is 0 Å². The molecule has 0 atom stereocenters. The maximum Gasteiger partial charge on any atom is 0.220 e. The molecule has 0 aliphatic rings. The van der Waals surface area contributed by atoms with Crippen LogP contribution in [0.15, 0.2) is 54.6 Å². The van der Waals surface area contributed by atoms with Gasteiger partial charge in [-0.1, -0.05) is 30.3 Å². The van der Waals surface area contributed by atoms with Gasteiger partial charge in [0.05, 0.1) is 7.11 Å². The topological polar surface area (TPSA) is 41.6 Å². The van der Waals surface area contributed by atoms with Crippen LogP contribution in [0.5, 0.6) is 5.75 Å². The molecule has 2 rings (SSSR count). The van der Waals surface area contributed by atoms with Crippen molar-refractivity contribution in [2.24, 2.45) is 0 Å². The van der Waals surface area contributed by atoms with Gasteiger partial charge in [0.15, 0.2) is 0 Å². The molecule has 0 radical (unpaired) electrons. The first kappa shape index (κ1) is 18.8. The number of para-hydroxylation sites is 1. The van der Waals surface area contributed by atoms with Crippen LogP contribution in [0.1, 0.15) is 24.8 Å². The van der Waals surface area contributed by atoms with Gasteiger partial charge in [-0.3, -0.25) is 4.79 Å². The number of ether oxygens (including phenoxy) is 1. The molecule has 0 aromatic heterocycles. The number of anilines is 1. The van der Waals surface area contributed by atoms with Crippen molar-refractivity contribution in [2.45, 2.75) is 25.7 Å². The van der Waals surface area contributed by atoms with Crippen molar-refractivity contribution in [3.8, 4) is 5.75 Å². The zero-order valence-electron chi connectivity index (χ0n) is 15.2. The highest BCUT2D eigenvalue weighted by molar-refractivity contribution is 5.76. The molecule has 0 spiro atoms. The Balaban J connectivity index is 1.57. The first-order valence-corrected chi connectivity index (χ1v) is 8.85. The number of hydrogen-bond acceptors (Lipinski definition) is 3. The van der Waals surface area contributed by atoms with Crippen molar-refractivity contribution >= 4 is 11.6 Å². The predicted octanol–water partition coefficient (Wildman–Crippen LogP) is 3.66. The maximum absolute atomic E-state index is 11.9. The molecule has 0 unspecified atom stereocenters. The summed E-state index contributed by atoms with van der Waals surface area (Å²) in [6.45, 7) is 1.73. The second-order valence-corrected chi connectivity index (χ2v) is 6.17. The van der Waals surface area contributed by atoms with Crippen molar-refractivity contribution in [1.29, 1.82) is 0 Å². The van der Waals surface area contributed by atoms with Crippen LogP contribution in [-0.2, 0) is 11.2 Å². The van der Waals surface area contributed by atoms with E-state index in [4.69, 9.17) is 4.74 Å². The summed E-state index contributed by atoms with van der Waals surface area (Å²) < 4.78 is 5.20. The normalized spacial score (nSPS) is 10.3. The second kappa shape index (κ2) is 10.4. The molecule has 0 aliphatic carbocycles. The van der Waals surface area contributed by atoms with E-state index in [1.54, 1.807) is 7.11 Å². The van der Waals surface area contributed by atoms with Crippen LogP contribution >= 0.6 is 0 Å². The van der Waals surface area contributed by atoms with Crippen LogP contribution in [0.3, 0.4) is 0 Å². The molecule has 4 nitrogen and oxygen atoms in total. The van der Waals surface area contributed by atoms with Crippen molar-refractivity contribution in [3.05, 3.63) is 60.2 Å². The van der Waals surface area contributed by atoms with E-state index in [2.05, 4.69) is 29.4 Å². The van der Waals surface area contributed by atoms with Gasteiger partial charge in [-0.05, 0) is 49.1 Å². The SMILES string of the molecule is COc1cccc(CCC(=O)NCCCCN(C)c2ccccc2)c1. The number of carbonyl (C=O) groups is 1. The van der Waals surface area contributed by atoms with E-state index in [0.29, 0.717) is 6.42 Å². The van der Waals surface area contributed by atoms with Crippen LogP contribution in [0.25, 0.3) is 0 Å². The summed E-state index contributed by atoms with van der Waals surface area (Å²) in [6, 6.07) is 18.2. The van der Waals surface area contributed by atoms with Crippen LogP contribution in [0.4, 0.5) is 5.69 Å². The zero-order valence-corrected chi connectivity index (χ0v) is 15.2. The summed E-state index contributed by atoms with van der Waals surface area (Å²) in [7, 11) is 3.75. The highest BCUT2D eigenvalue weighted by Crippen LogP contribution is 2.14. The van der Waals surface area contributed by atoms with Gasteiger partial charge < -0.3 is 15.0 Å². The lowest BCUT2D eigenvalue weighted by molar-refractivity contribution is -0.121. The van der Waals surface area contributed by atoms with E-state index in [-0.39, 0.29) is 5.91 Å². The third kappa shape index (κ3) is 6.87. The summed E-state index contributed by atoms with van der Waals surface area (Å²) in [5, 5.41) is 3.01. The zero-order chi connectivity index (χ0) is 17.9. The Labute approximate surface area is 150 Å². The molecule has 2 aromatic rings. The van der Waals surface area contributed by atoms with Gasteiger partial charge in [0, 0.05) is 32.2 Å². The summed E-state index contributed by atoms with van der Waals surface area (Å²) in [5.41, 5.74) is 2.35. The van der Waals surface area contributed by atoms with Gasteiger partial charge in [-0.15, -0.1) is 0 Å². The Morgan fingerprint density at radius 3 is 2.64 bits per heavy atom. The summed E-state index contributed by atoms with van der Waals surface area (Å²) in [5.74, 6) is 0.944. The number of hydrogen-bond donors (Lipinski definition) is 1. The summed E-state index contributed by atoms with van der Waals surface area (Å²) in [4.78, 5) is 14.2. The number of amides is 1. The Morgan fingerprint density at radius 2 is 1.88 bits per heavy atom. The monoisotopic (exact) mass is 340 g/mol. The standard InChI is InChI=1S/C21H28N2O2/c1-23(19-10-4-3-5-11-19)16-7-6-15-22-21(24)14-13-18-9-8-12-20(17-18)25-2/h3-5,8-12,17H,6-7,13-16H2,1-2H3,(H,22,24). The van der Waals surface area contributed by atoms with Crippen molar-refractivity contribution in [1.82, 2.24) is 5.32 Å². The number of methoxy groups -OCH3 is 1. The third-order valence-corrected chi connectivity index (χ3v) is 4.21. The van der Waals surface area contributed by atoms with Gasteiger partial charge >= 0.3 is 0 Å². The van der Waals surface area contributed by atoms with E-state index in [0.717, 1.165) is 43.7 Å². The predicted molar refractivity (Wildman–Crippen MR) is 103 cm³/mol. The van der Waals surface area contributed by atoms with Crippen molar-refractivity contribution in [2.75, 3.05) is 32.1 Å². The second-order valence-electron chi connectivity index (χ2n) is 6.17. The number of aryl methyl sites for hydroxylation is 1. The molecule has 1 amide bonds. The van der Waals surface area contributed by atoms with Crippen LogP contribution < -0.4 is 15.0 Å². The average Bonchev–Trinajstić information content (AvgIpc) is 2.66. The van der Waals surface area contributed by atoms with E-state index >= 15 is 0 Å². The largest absolute Gasteiger partial charge is 0.497 e. The van der Waals surface area contributed by atoms with Crippen LogP contribution in [0.2, 0.25) is 0 Å². The number of carbonyl (C=O) groups excluding carboxylic acids is 1. The molecule has 2 aromatic carbocycles. The van der Waals surface area contributed by atoms with Gasteiger partial charge in [0.1, 0.15) is 5.75 Å². The highest BCUT2D eigenvalue weighted by Gasteiger charge is 2.04. The minimum absolute atomic E-state index is 0.110. The molecular formula is C21H28N2O2. The fourth-order valence-electron chi connectivity index (χ4n) is 2.69. The van der Waals surface area contributed by atoms with Gasteiger partial charge in [0.2, 0.25) is 5.91 Å². The Morgan fingerprint density at radius 1 is 1.08 bits per heavy atom. The van der Waals surface area contributed by atoms with E-state index in [9.17, 15) is 4.79 Å². The van der Waals surface area contributed by atoms with Gasteiger partial charge in [-0.25, -0.2) is 0 Å². The van der Waals surface area contributed by atoms with Crippen LogP contribution in [0, 0.1) is 0 Å². The number of unbranched alkanes of at least 4 members (excludes halogenated alkanes) is 1. The first-order valence-electron chi connectivity index (χ1n) is 8.85. The minimum atomic E-state index is 0.110. The molecule has 0 saturated heterocycles. The molecule has 25 heavy (non-hydrogen) atoms. The highest BCUT2D eigenvalue weighted by atomic mass is 16.5. The fourth-order valence-corrected chi connectivity index (χ4v) is 2.69. The van der Waals surface area contributed by atoms with E-state index in [1.807, 2.05) is 42.5 Å². The number of benzene rings is 2. The smallest absolute Gasteiger partial charge is 0.220 e. The van der Waals surface area contributed by atoms with E-state index in [1.165, 1.54) is 5.69 Å². The molecular weight excluding hydrogens is 312 g/mol. The summed E-state index contributed by atoms with van der Waals surface area (Å²) in [6.07, 6.45) is 3.29. The molecule has 0 bridgehead atoms. The molecule has 134 valence electrons. The molecule has 4 heteroatoms. The lowest BCUT2D eigenvalue weighted by Gasteiger charge is -2.19. The molecule has 0 aliphatic heterocycles. The summed E-state index contributed by atoms with van der Waals surface area (Å²) >= 11 is 0. The maximum atomic E-state index is 11.9. The quantitative estimate of drug-likeness (QED) is 0.671. The Hall–Kier alpha value is -2.49. The fraction of sp³-hybridized carbons (Fsp3) is 0.381. The van der Waals surface area contributed by atoms with Crippen LogP contribution in [-0.4, -0.2) is 33.2 Å². The number of rotatable bonds is 10. The lowest BCUT2D eigenvalue weighted by atomic mass is 10.1. The lowest BCUT2D eigenvalue weighted by Crippen LogP contribution is -2.26. The molecule has 1 N–H and O–H groups in total. The Kier molecular flexibility index (Phi) is 7.83. The average molecular weight is 340 g/mol. The molecule has 0 saturated carbocycles. The van der Waals surface area contributed by atoms with Crippen molar-refractivity contribution < 1.29 is 9.53 Å². The molecule has 0 heterocycles. The Bertz CT molecular complexity index is 643. The third-order valence-electron chi connectivity index (χ3n) is 4.21. The van der Waals surface area contributed by atoms with Gasteiger partial charge in [0.25, 0.3) is 0 Å². The number of nitrogens with zero attached hydrogens (tertiary/aromatic N) is 1. The molecule has 0 fully saturated rings. The minimum Gasteiger partial charge on any atom is -0.497 e. The number of nitrogens with one attached hydrogen (secondary N) is 1.